The molecule has 2 bridgehead atoms. The number of carbonyl (C=O) groups is 4. The standard InChI is InChI=1S/C20H23N3O5/c24-17(10-1-2-10)21-14-7-5-11(6-8-14)18(25)22-23-19(26)15-12-3-4-13(9-12)16(15)20(27)28/h5-8,10,12-13,15-16H,1-4,9H2,(H,21,24)(H,22,25)(H,23,26)(H,27,28). The Morgan fingerprint density at radius 1 is 0.821 bits per heavy atom. The molecule has 3 aliphatic carbocycles. The molecule has 0 aromatic heterocycles. The zero-order chi connectivity index (χ0) is 19.8. The van der Waals surface area contributed by atoms with Gasteiger partial charge in [0.15, 0.2) is 0 Å². The molecule has 3 aliphatic rings. The second-order valence-electron chi connectivity index (χ2n) is 8.01. The molecule has 3 saturated carbocycles. The number of carboxylic acid groups (broad SMARTS) is 1. The van der Waals surface area contributed by atoms with Gasteiger partial charge in [-0.1, -0.05) is 0 Å². The van der Waals surface area contributed by atoms with E-state index in [4.69, 9.17) is 0 Å². The molecule has 0 saturated heterocycles. The highest BCUT2D eigenvalue weighted by atomic mass is 16.4. The van der Waals surface area contributed by atoms with Crippen LogP contribution in [0.2, 0.25) is 0 Å². The third kappa shape index (κ3) is 3.58. The summed E-state index contributed by atoms with van der Waals surface area (Å²) in [6.45, 7) is 0. The van der Waals surface area contributed by atoms with E-state index in [1.807, 2.05) is 0 Å². The number of hydrogen-bond donors (Lipinski definition) is 4. The Kier molecular flexibility index (Phi) is 4.78. The number of nitrogens with one attached hydrogen (secondary N) is 3. The van der Waals surface area contributed by atoms with E-state index < -0.39 is 29.6 Å². The fourth-order valence-electron chi connectivity index (χ4n) is 4.59. The number of hydrogen-bond acceptors (Lipinski definition) is 4. The quantitative estimate of drug-likeness (QED) is 0.572. The molecule has 1 aromatic rings. The monoisotopic (exact) mass is 385 g/mol. The van der Waals surface area contributed by atoms with Gasteiger partial charge in [-0.05, 0) is 68.2 Å². The molecule has 0 heterocycles. The van der Waals surface area contributed by atoms with Crippen molar-refractivity contribution in [3.63, 3.8) is 0 Å². The Labute approximate surface area is 162 Å². The number of rotatable bonds is 5. The van der Waals surface area contributed by atoms with Crippen LogP contribution in [0.1, 0.15) is 42.5 Å². The lowest BCUT2D eigenvalue weighted by Gasteiger charge is -2.26. The highest BCUT2D eigenvalue weighted by Crippen LogP contribution is 2.52. The van der Waals surface area contributed by atoms with Crippen molar-refractivity contribution in [2.75, 3.05) is 5.32 Å². The molecule has 0 radical (unpaired) electrons. The lowest BCUT2D eigenvalue weighted by Crippen LogP contribution is -2.48. The van der Waals surface area contributed by atoms with Gasteiger partial charge in [-0.25, -0.2) is 0 Å². The average molecular weight is 385 g/mol. The predicted molar refractivity (Wildman–Crippen MR) is 98.9 cm³/mol. The second-order valence-corrected chi connectivity index (χ2v) is 8.01. The highest BCUT2D eigenvalue weighted by molar-refractivity contribution is 5.97. The first-order valence-electron chi connectivity index (χ1n) is 9.68. The van der Waals surface area contributed by atoms with Crippen LogP contribution in [0.3, 0.4) is 0 Å². The Hall–Kier alpha value is -2.90. The molecule has 8 heteroatoms. The minimum atomic E-state index is -0.942. The van der Waals surface area contributed by atoms with Crippen LogP contribution in [0.25, 0.3) is 0 Å². The van der Waals surface area contributed by atoms with E-state index in [2.05, 4.69) is 16.2 Å². The third-order valence-electron chi connectivity index (χ3n) is 6.17. The number of carboxylic acids is 1. The summed E-state index contributed by atoms with van der Waals surface area (Å²) in [4.78, 5) is 48.0. The molecule has 0 aliphatic heterocycles. The number of aliphatic carboxylic acids is 1. The molecular weight excluding hydrogens is 362 g/mol. The molecule has 4 unspecified atom stereocenters. The molecule has 4 N–H and O–H groups in total. The van der Waals surface area contributed by atoms with Crippen molar-refractivity contribution in [2.24, 2.45) is 29.6 Å². The number of fused-ring (bicyclic) bond motifs is 2. The summed E-state index contributed by atoms with van der Waals surface area (Å²) in [5, 5.41) is 12.2. The van der Waals surface area contributed by atoms with E-state index in [1.54, 1.807) is 24.3 Å². The van der Waals surface area contributed by atoms with E-state index in [9.17, 15) is 24.3 Å². The normalized spacial score (nSPS) is 27.9. The maximum atomic E-state index is 12.5. The van der Waals surface area contributed by atoms with E-state index in [0.29, 0.717) is 11.3 Å². The molecular formula is C20H23N3O5. The molecule has 28 heavy (non-hydrogen) atoms. The number of benzene rings is 1. The van der Waals surface area contributed by atoms with Gasteiger partial charge in [0.05, 0.1) is 11.8 Å². The van der Waals surface area contributed by atoms with Crippen molar-refractivity contribution < 1.29 is 24.3 Å². The van der Waals surface area contributed by atoms with Crippen LogP contribution in [0, 0.1) is 29.6 Å². The summed E-state index contributed by atoms with van der Waals surface area (Å²) >= 11 is 0. The Morgan fingerprint density at radius 3 is 2.07 bits per heavy atom. The highest BCUT2D eigenvalue weighted by Gasteiger charge is 2.54. The predicted octanol–water partition coefficient (Wildman–Crippen LogP) is 1.54. The topological polar surface area (TPSA) is 125 Å². The lowest BCUT2D eigenvalue weighted by molar-refractivity contribution is -0.149. The van der Waals surface area contributed by atoms with Gasteiger partial charge in [0.1, 0.15) is 0 Å². The maximum absolute atomic E-state index is 12.5. The second kappa shape index (κ2) is 7.26. The molecule has 4 atom stereocenters. The van der Waals surface area contributed by atoms with Crippen LogP contribution in [0.5, 0.6) is 0 Å². The Balaban J connectivity index is 1.32. The van der Waals surface area contributed by atoms with Crippen molar-refractivity contribution in [3.8, 4) is 0 Å². The molecule has 0 spiro atoms. The first kappa shape index (κ1) is 18.5. The van der Waals surface area contributed by atoms with E-state index >= 15 is 0 Å². The van der Waals surface area contributed by atoms with Gasteiger partial charge in [0, 0.05) is 17.2 Å². The van der Waals surface area contributed by atoms with Gasteiger partial charge < -0.3 is 10.4 Å². The fraction of sp³-hybridized carbons (Fsp3) is 0.500. The smallest absolute Gasteiger partial charge is 0.307 e. The minimum absolute atomic E-state index is 0.0108. The van der Waals surface area contributed by atoms with Crippen LogP contribution in [0.4, 0.5) is 5.69 Å². The summed E-state index contributed by atoms with van der Waals surface area (Å²) in [5.41, 5.74) is 5.70. The zero-order valence-electron chi connectivity index (χ0n) is 15.3. The van der Waals surface area contributed by atoms with Crippen molar-refractivity contribution in [3.05, 3.63) is 29.8 Å². The molecule has 148 valence electrons. The van der Waals surface area contributed by atoms with Crippen LogP contribution in [-0.4, -0.2) is 28.8 Å². The Morgan fingerprint density at radius 2 is 1.46 bits per heavy atom. The molecule has 4 rings (SSSR count). The van der Waals surface area contributed by atoms with Crippen molar-refractivity contribution in [1.82, 2.24) is 10.9 Å². The SMILES string of the molecule is O=C(NNC(=O)C1C2CCC(C2)C1C(=O)O)c1ccc(NC(=O)C2CC2)cc1. The molecule has 3 amide bonds. The van der Waals surface area contributed by atoms with E-state index in [0.717, 1.165) is 32.1 Å². The third-order valence-corrected chi connectivity index (χ3v) is 6.17. The van der Waals surface area contributed by atoms with Crippen LogP contribution >= 0.6 is 0 Å². The largest absolute Gasteiger partial charge is 0.481 e. The van der Waals surface area contributed by atoms with Gasteiger partial charge in [-0.3, -0.25) is 30.0 Å². The van der Waals surface area contributed by atoms with Gasteiger partial charge in [-0.15, -0.1) is 0 Å². The minimum Gasteiger partial charge on any atom is -0.481 e. The van der Waals surface area contributed by atoms with Gasteiger partial charge >= 0.3 is 5.97 Å². The first-order chi connectivity index (χ1) is 13.4. The van der Waals surface area contributed by atoms with Crippen molar-refractivity contribution in [2.45, 2.75) is 32.1 Å². The molecule has 3 fully saturated rings. The number of hydrazine groups is 1. The summed E-state index contributed by atoms with van der Waals surface area (Å²) in [6, 6.07) is 6.38. The maximum Gasteiger partial charge on any atom is 0.307 e. The summed E-state index contributed by atoms with van der Waals surface area (Å²) < 4.78 is 0. The van der Waals surface area contributed by atoms with Crippen molar-refractivity contribution in [1.29, 1.82) is 0 Å². The van der Waals surface area contributed by atoms with E-state index in [-0.39, 0.29) is 23.7 Å². The summed E-state index contributed by atoms with van der Waals surface area (Å²) in [6.07, 6.45) is 4.29. The first-order valence-corrected chi connectivity index (χ1v) is 9.68. The zero-order valence-corrected chi connectivity index (χ0v) is 15.3. The number of carbonyl (C=O) groups excluding carboxylic acids is 3. The molecule has 1 aromatic carbocycles. The number of amides is 3. The lowest BCUT2D eigenvalue weighted by atomic mass is 9.79. The summed E-state index contributed by atoms with van der Waals surface area (Å²) in [7, 11) is 0. The van der Waals surface area contributed by atoms with Gasteiger partial charge in [0.2, 0.25) is 11.8 Å². The fourth-order valence-corrected chi connectivity index (χ4v) is 4.59. The van der Waals surface area contributed by atoms with Crippen molar-refractivity contribution >= 4 is 29.4 Å². The van der Waals surface area contributed by atoms with E-state index in [1.165, 1.54) is 0 Å². The van der Waals surface area contributed by atoms with Crippen LogP contribution in [-0.2, 0) is 14.4 Å². The number of anilines is 1. The molecule has 8 nitrogen and oxygen atoms in total. The van der Waals surface area contributed by atoms with Crippen LogP contribution in [0.15, 0.2) is 24.3 Å². The Bertz CT molecular complexity index is 818. The van der Waals surface area contributed by atoms with Crippen LogP contribution < -0.4 is 16.2 Å². The van der Waals surface area contributed by atoms with Gasteiger partial charge in [0.25, 0.3) is 5.91 Å². The summed E-state index contributed by atoms with van der Waals surface area (Å²) in [5.74, 6) is -2.96. The van der Waals surface area contributed by atoms with Gasteiger partial charge in [-0.2, -0.15) is 0 Å². The average Bonchev–Trinajstić information content (AvgIpc) is 3.34.